The maximum Gasteiger partial charge on any atom is 0.0897 e. The molecule has 2 aromatic rings. The van der Waals surface area contributed by atoms with Gasteiger partial charge < -0.3 is 5.73 Å². The lowest BCUT2D eigenvalue weighted by molar-refractivity contribution is 0.605. The molecule has 2 heterocycles. The molecule has 2 aromatic heterocycles. The zero-order valence-electron chi connectivity index (χ0n) is 11.5. The van der Waals surface area contributed by atoms with Gasteiger partial charge in [0.2, 0.25) is 0 Å². The Kier molecular flexibility index (Phi) is 4.76. The van der Waals surface area contributed by atoms with E-state index in [-0.39, 0.29) is 6.04 Å². The molecule has 0 fully saturated rings. The second-order valence-electron chi connectivity index (χ2n) is 4.71. The topological polar surface area (TPSA) is 56.7 Å². The number of thiazole rings is 1. The zero-order valence-corrected chi connectivity index (χ0v) is 13.9. The first kappa shape index (κ1) is 14.7. The fourth-order valence-electron chi connectivity index (χ4n) is 2.13. The van der Waals surface area contributed by atoms with Gasteiger partial charge in [0, 0.05) is 31.3 Å². The summed E-state index contributed by atoms with van der Waals surface area (Å²) in [4.78, 5) is 4.46. The molecule has 6 heteroatoms. The highest BCUT2D eigenvalue weighted by molar-refractivity contribution is 9.10. The van der Waals surface area contributed by atoms with Crippen molar-refractivity contribution in [2.45, 2.75) is 39.2 Å². The van der Waals surface area contributed by atoms with E-state index in [2.05, 4.69) is 38.3 Å². The number of aryl methyl sites for hydroxylation is 3. The summed E-state index contributed by atoms with van der Waals surface area (Å²) in [6.45, 7) is 4.12. The molecule has 0 saturated carbocycles. The van der Waals surface area contributed by atoms with E-state index in [1.807, 2.05) is 18.7 Å². The number of nitrogens with two attached hydrogens (primary N) is 1. The van der Waals surface area contributed by atoms with Gasteiger partial charge >= 0.3 is 0 Å². The fourth-order valence-corrected chi connectivity index (χ4v) is 3.54. The first-order chi connectivity index (χ1) is 9.01. The predicted octanol–water partition coefficient (Wildman–Crippen LogP) is 2.62. The second kappa shape index (κ2) is 6.15. The molecule has 0 bridgehead atoms. The Bertz CT molecular complexity index is 561. The number of hydrogen-bond acceptors (Lipinski definition) is 4. The molecule has 104 valence electrons. The summed E-state index contributed by atoms with van der Waals surface area (Å²) in [6.07, 6.45) is 2.54. The van der Waals surface area contributed by atoms with Crippen molar-refractivity contribution in [3.05, 3.63) is 31.9 Å². The first-order valence-corrected chi connectivity index (χ1v) is 8.05. The third-order valence-electron chi connectivity index (χ3n) is 3.10. The van der Waals surface area contributed by atoms with Crippen LogP contribution in [0.2, 0.25) is 0 Å². The largest absolute Gasteiger partial charge is 0.327 e. The molecule has 0 spiro atoms. The Hall–Kier alpha value is -0.720. The first-order valence-electron chi connectivity index (χ1n) is 6.38. The standard InChI is InChI=1S/C13H19BrN4S/c1-4-11-13(14)12(18(3)17-11)6-9(15)5-10-7-19-8(2)16-10/h7,9H,4-6,15H2,1-3H3. The molecule has 0 aliphatic heterocycles. The van der Waals surface area contributed by atoms with Crippen molar-refractivity contribution < 1.29 is 0 Å². The Labute approximate surface area is 126 Å². The van der Waals surface area contributed by atoms with Crippen LogP contribution in [0.1, 0.15) is 29.0 Å². The molecule has 4 nitrogen and oxygen atoms in total. The zero-order chi connectivity index (χ0) is 14.0. The molecule has 2 rings (SSSR count). The van der Waals surface area contributed by atoms with E-state index in [0.717, 1.165) is 45.8 Å². The fraction of sp³-hybridized carbons (Fsp3) is 0.538. The highest BCUT2D eigenvalue weighted by atomic mass is 79.9. The van der Waals surface area contributed by atoms with Crippen molar-refractivity contribution in [1.82, 2.24) is 14.8 Å². The summed E-state index contributed by atoms with van der Waals surface area (Å²) in [5, 5.41) is 7.68. The van der Waals surface area contributed by atoms with Gasteiger partial charge in [0.25, 0.3) is 0 Å². The smallest absolute Gasteiger partial charge is 0.0897 e. The number of halogens is 1. The minimum atomic E-state index is 0.0675. The lowest BCUT2D eigenvalue weighted by Crippen LogP contribution is -2.27. The number of hydrogen-bond donors (Lipinski definition) is 1. The van der Waals surface area contributed by atoms with E-state index in [1.54, 1.807) is 11.3 Å². The van der Waals surface area contributed by atoms with Crippen LogP contribution in [0.5, 0.6) is 0 Å². The number of nitrogens with zero attached hydrogens (tertiary/aromatic N) is 3. The van der Waals surface area contributed by atoms with Crippen LogP contribution in [0.15, 0.2) is 9.85 Å². The van der Waals surface area contributed by atoms with Gasteiger partial charge in [-0.15, -0.1) is 11.3 Å². The van der Waals surface area contributed by atoms with Crippen LogP contribution in [-0.2, 0) is 26.3 Å². The van der Waals surface area contributed by atoms with Gasteiger partial charge in [-0.25, -0.2) is 4.98 Å². The van der Waals surface area contributed by atoms with E-state index >= 15 is 0 Å². The molecule has 0 aromatic carbocycles. The highest BCUT2D eigenvalue weighted by Crippen LogP contribution is 2.23. The molecule has 1 atom stereocenters. The molecular formula is C13H19BrN4S. The highest BCUT2D eigenvalue weighted by Gasteiger charge is 2.16. The summed E-state index contributed by atoms with van der Waals surface area (Å²) < 4.78 is 3.03. The third-order valence-corrected chi connectivity index (χ3v) is 4.83. The minimum Gasteiger partial charge on any atom is -0.327 e. The summed E-state index contributed by atoms with van der Waals surface area (Å²) in [5.74, 6) is 0. The molecule has 0 radical (unpaired) electrons. The van der Waals surface area contributed by atoms with Crippen molar-refractivity contribution in [2.75, 3.05) is 0 Å². The Morgan fingerprint density at radius 1 is 1.47 bits per heavy atom. The molecule has 1 unspecified atom stereocenters. The molecule has 19 heavy (non-hydrogen) atoms. The Balaban J connectivity index is 2.06. The predicted molar refractivity (Wildman–Crippen MR) is 82.5 cm³/mol. The average Bonchev–Trinajstić information content (AvgIpc) is 2.87. The molecule has 0 aliphatic carbocycles. The van der Waals surface area contributed by atoms with Crippen LogP contribution >= 0.6 is 27.3 Å². The summed E-state index contributed by atoms with van der Waals surface area (Å²) in [7, 11) is 1.97. The SMILES string of the molecule is CCc1nn(C)c(CC(N)Cc2csc(C)n2)c1Br. The molecule has 2 N–H and O–H groups in total. The molecule has 0 amide bonds. The number of aromatic nitrogens is 3. The van der Waals surface area contributed by atoms with Crippen LogP contribution in [0.3, 0.4) is 0 Å². The molecule has 0 aliphatic rings. The van der Waals surface area contributed by atoms with Crippen LogP contribution in [0.4, 0.5) is 0 Å². The van der Waals surface area contributed by atoms with E-state index in [0.29, 0.717) is 0 Å². The Morgan fingerprint density at radius 3 is 2.74 bits per heavy atom. The van der Waals surface area contributed by atoms with Gasteiger partial charge in [0.1, 0.15) is 0 Å². The van der Waals surface area contributed by atoms with Crippen LogP contribution in [0, 0.1) is 6.92 Å². The van der Waals surface area contributed by atoms with Gasteiger partial charge in [-0.05, 0) is 29.3 Å². The van der Waals surface area contributed by atoms with Gasteiger partial charge in [-0.2, -0.15) is 5.10 Å². The molecular weight excluding hydrogens is 324 g/mol. The van der Waals surface area contributed by atoms with E-state index in [4.69, 9.17) is 5.73 Å². The van der Waals surface area contributed by atoms with Crippen LogP contribution in [0.25, 0.3) is 0 Å². The minimum absolute atomic E-state index is 0.0675. The van der Waals surface area contributed by atoms with E-state index in [9.17, 15) is 0 Å². The van der Waals surface area contributed by atoms with E-state index in [1.165, 1.54) is 0 Å². The van der Waals surface area contributed by atoms with Gasteiger partial charge in [0.05, 0.1) is 26.6 Å². The quantitative estimate of drug-likeness (QED) is 0.908. The molecule has 0 saturated heterocycles. The normalized spacial score (nSPS) is 12.9. The van der Waals surface area contributed by atoms with Gasteiger partial charge in [-0.1, -0.05) is 6.92 Å². The van der Waals surface area contributed by atoms with Gasteiger partial charge in [0.15, 0.2) is 0 Å². The maximum atomic E-state index is 6.24. The number of rotatable bonds is 5. The Morgan fingerprint density at radius 2 is 2.21 bits per heavy atom. The second-order valence-corrected chi connectivity index (χ2v) is 6.57. The van der Waals surface area contributed by atoms with Crippen molar-refractivity contribution in [2.24, 2.45) is 12.8 Å². The van der Waals surface area contributed by atoms with Gasteiger partial charge in [-0.3, -0.25) is 4.68 Å². The van der Waals surface area contributed by atoms with Crippen molar-refractivity contribution in [3.63, 3.8) is 0 Å². The monoisotopic (exact) mass is 342 g/mol. The lowest BCUT2D eigenvalue weighted by Gasteiger charge is -2.10. The van der Waals surface area contributed by atoms with Crippen LogP contribution < -0.4 is 5.73 Å². The summed E-state index contributed by atoms with van der Waals surface area (Å²) >= 11 is 5.30. The summed E-state index contributed by atoms with van der Waals surface area (Å²) in [5.41, 5.74) is 9.58. The third kappa shape index (κ3) is 3.43. The van der Waals surface area contributed by atoms with Crippen LogP contribution in [-0.4, -0.2) is 20.8 Å². The van der Waals surface area contributed by atoms with E-state index < -0.39 is 0 Å². The lowest BCUT2D eigenvalue weighted by atomic mass is 10.1. The summed E-state index contributed by atoms with van der Waals surface area (Å²) in [6, 6.07) is 0.0675. The average molecular weight is 343 g/mol. The van der Waals surface area contributed by atoms with Crippen molar-refractivity contribution >= 4 is 27.3 Å². The maximum absolute atomic E-state index is 6.24. The van der Waals surface area contributed by atoms with Crippen molar-refractivity contribution in [1.29, 1.82) is 0 Å². The van der Waals surface area contributed by atoms with Crippen molar-refractivity contribution in [3.8, 4) is 0 Å².